The maximum Gasteiger partial charge on any atom is 0.281 e. The number of benzene rings is 1. The average Bonchev–Trinajstić information content (AvgIpc) is 3.12. The maximum atomic E-state index is 12.6. The van der Waals surface area contributed by atoms with Crippen LogP contribution in [-0.4, -0.2) is 31.0 Å². The number of carbonyl (C=O) groups excluding carboxylic acids is 1. The minimum Gasteiger partial charge on any atom is -0.505 e. The molecule has 0 aliphatic rings. The molecule has 28 heavy (non-hydrogen) atoms. The zero-order valence-corrected chi connectivity index (χ0v) is 17.6. The molecule has 2 aromatic heterocycles. The van der Waals surface area contributed by atoms with E-state index in [0.717, 1.165) is 33.1 Å². The van der Waals surface area contributed by atoms with Crippen molar-refractivity contribution in [2.75, 3.05) is 5.32 Å². The molecule has 0 spiro atoms. The van der Waals surface area contributed by atoms with Crippen LogP contribution in [0.3, 0.4) is 0 Å². The number of aromatic nitrogens is 4. The van der Waals surface area contributed by atoms with Gasteiger partial charge in [-0.05, 0) is 37.1 Å². The fourth-order valence-electron chi connectivity index (χ4n) is 2.62. The first-order valence-corrected chi connectivity index (χ1v) is 10.3. The molecule has 8 nitrogen and oxygen atoms in total. The highest BCUT2D eigenvalue weighted by atomic mass is 79.9. The van der Waals surface area contributed by atoms with Crippen LogP contribution in [0.15, 0.2) is 39.6 Å². The van der Waals surface area contributed by atoms with Crippen molar-refractivity contribution in [1.29, 1.82) is 0 Å². The van der Waals surface area contributed by atoms with Gasteiger partial charge in [0.05, 0.1) is 5.69 Å². The molecule has 10 heteroatoms. The molecular weight excluding hydrogens is 446 g/mol. The molecule has 146 valence electrons. The third kappa shape index (κ3) is 4.28. The summed E-state index contributed by atoms with van der Waals surface area (Å²) in [6.07, 6.45) is 1.86. The molecule has 0 atom stereocenters. The summed E-state index contributed by atoms with van der Waals surface area (Å²) >= 11 is 4.61. The molecule has 0 saturated carbocycles. The summed E-state index contributed by atoms with van der Waals surface area (Å²) in [6.45, 7) is 4.14. The predicted octanol–water partition coefficient (Wildman–Crippen LogP) is 3.71. The minimum atomic E-state index is -0.671. The lowest BCUT2D eigenvalue weighted by Gasteiger charge is -2.08. The first-order valence-electron chi connectivity index (χ1n) is 8.67. The van der Waals surface area contributed by atoms with Gasteiger partial charge in [-0.3, -0.25) is 14.9 Å². The highest BCUT2D eigenvalue weighted by Crippen LogP contribution is 2.28. The molecular formula is C18H18BrN5O3S. The van der Waals surface area contributed by atoms with Crippen LogP contribution >= 0.6 is 27.3 Å². The van der Waals surface area contributed by atoms with Crippen molar-refractivity contribution in [3.63, 3.8) is 0 Å². The van der Waals surface area contributed by atoms with Crippen molar-refractivity contribution in [2.24, 2.45) is 0 Å². The van der Waals surface area contributed by atoms with Crippen LogP contribution in [0, 0.1) is 0 Å². The summed E-state index contributed by atoms with van der Waals surface area (Å²) in [5.74, 6) is -0.884. The van der Waals surface area contributed by atoms with Gasteiger partial charge in [0, 0.05) is 16.5 Å². The Labute approximate surface area is 173 Å². The Balaban J connectivity index is 1.89. The molecule has 0 saturated heterocycles. The van der Waals surface area contributed by atoms with Crippen molar-refractivity contribution < 1.29 is 9.90 Å². The lowest BCUT2D eigenvalue weighted by molar-refractivity contribution is 0.101. The Morgan fingerprint density at radius 3 is 2.57 bits per heavy atom. The fourth-order valence-corrected chi connectivity index (χ4v) is 3.89. The average molecular weight is 464 g/mol. The lowest BCUT2D eigenvalue weighted by atomic mass is 10.1. The van der Waals surface area contributed by atoms with Crippen LogP contribution in [0.25, 0.3) is 5.69 Å². The summed E-state index contributed by atoms with van der Waals surface area (Å²) in [4.78, 5) is 24.8. The molecule has 0 aliphatic carbocycles. The molecule has 2 heterocycles. The van der Waals surface area contributed by atoms with E-state index in [4.69, 9.17) is 0 Å². The van der Waals surface area contributed by atoms with Crippen molar-refractivity contribution >= 4 is 38.3 Å². The number of nitrogens with zero attached hydrogens (tertiary/aromatic N) is 4. The van der Waals surface area contributed by atoms with Gasteiger partial charge in [0.2, 0.25) is 5.13 Å². The molecule has 0 radical (unpaired) electrons. The van der Waals surface area contributed by atoms with Gasteiger partial charge in [-0.1, -0.05) is 41.1 Å². The van der Waals surface area contributed by atoms with Crippen LogP contribution in [0.5, 0.6) is 5.75 Å². The largest absolute Gasteiger partial charge is 0.505 e. The van der Waals surface area contributed by atoms with Crippen molar-refractivity contribution in [3.05, 3.63) is 55.9 Å². The molecule has 0 bridgehead atoms. The molecule has 1 aromatic carbocycles. The van der Waals surface area contributed by atoms with Crippen molar-refractivity contribution in [1.82, 2.24) is 20.0 Å². The quantitative estimate of drug-likeness (QED) is 0.576. The second-order valence-corrected chi connectivity index (χ2v) is 7.94. The third-order valence-electron chi connectivity index (χ3n) is 4.19. The summed E-state index contributed by atoms with van der Waals surface area (Å²) < 4.78 is 1.89. The Bertz CT molecular complexity index is 1040. The highest BCUT2D eigenvalue weighted by Gasteiger charge is 2.20. The van der Waals surface area contributed by atoms with Gasteiger partial charge < -0.3 is 5.11 Å². The zero-order chi connectivity index (χ0) is 20.3. The highest BCUT2D eigenvalue weighted by molar-refractivity contribution is 9.10. The second-order valence-electron chi connectivity index (χ2n) is 6.02. The SMILES string of the molecule is CCC(CC)c1nnc(NC(=O)c2nn(-c3ccc(Br)cc3)c(=O)cc2O)s1. The van der Waals surface area contributed by atoms with Gasteiger partial charge in [-0.15, -0.1) is 10.2 Å². The van der Waals surface area contributed by atoms with E-state index >= 15 is 0 Å². The van der Waals surface area contributed by atoms with Gasteiger partial charge >= 0.3 is 0 Å². The van der Waals surface area contributed by atoms with Crippen LogP contribution < -0.4 is 10.9 Å². The fraction of sp³-hybridized carbons (Fsp3) is 0.278. The second kappa shape index (κ2) is 8.61. The van der Waals surface area contributed by atoms with Crippen LogP contribution in [0.1, 0.15) is 48.1 Å². The van der Waals surface area contributed by atoms with Crippen LogP contribution in [0.4, 0.5) is 5.13 Å². The summed E-state index contributed by atoms with van der Waals surface area (Å²) in [5, 5.41) is 25.9. The van der Waals surface area contributed by atoms with E-state index in [9.17, 15) is 14.7 Å². The predicted molar refractivity (Wildman–Crippen MR) is 110 cm³/mol. The minimum absolute atomic E-state index is 0.276. The Kier molecular flexibility index (Phi) is 6.20. The maximum absolute atomic E-state index is 12.6. The van der Waals surface area contributed by atoms with E-state index in [2.05, 4.69) is 50.4 Å². The first kappa shape index (κ1) is 20.2. The van der Waals surface area contributed by atoms with E-state index in [0.29, 0.717) is 10.8 Å². The number of anilines is 1. The molecule has 0 fully saturated rings. The van der Waals surface area contributed by atoms with Gasteiger partial charge in [-0.25, -0.2) is 0 Å². The van der Waals surface area contributed by atoms with Gasteiger partial charge in [0.15, 0.2) is 11.4 Å². The van der Waals surface area contributed by atoms with E-state index in [1.54, 1.807) is 24.3 Å². The van der Waals surface area contributed by atoms with Gasteiger partial charge in [-0.2, -0.15) is 9.78 Å². The number of aromatic hydroxyl groups is 1. The normalized spacial score (nSPS) is 11.0. The smallest absolute Gasteiger partial charge is 0.281 e. The van der Waals surface area contributed by atoms with Crippen LogP contribution in [0.2, 0.25) is 0 Å². The number of carbonyl (C=O) groups is 1. The topological polar surface area (TPSA) is 110 Å². The molecule has 0 aliphatic heterocycles. The van der Waals surface area contributed by atoms with E-state index in [1.165, 1.54) is 11.3 Å². The lowest BCUT2D eigenvalue weighted by Crippen LogP contribution is -2.25. The zero-order valence-electron chi connectivity index (χ0n) is 15.2. The Morgan fingerprint density at radius 2 is 1.93 bits per heavy atom. The van der Waals surface area contributed by atoms with Crippen LogP contribution in [-0.2, 0) is 0 Å². The number of hydrogen-bond donors (Lipinski definition) is 2. The number of amides is 1. The van der Waals surface area contributed by atoms with Crippen molar-refractivity contribution in [3.8, 4) is 11.4 Å². The van der Waals surface area contributed by atoms with Gasteiger partial charge in [0.1, 0.15) is 5.01 Å². The summed E-state index contributed by atoms with van der Waals surface area (Å²) in [6, 6.07) is 7.79. The van der Waals surface area contributed by atoms with E-state index in [-0.39, 0.29) is 11.6 Å². The third-order valence-corrected chi connectivity index (χ3v) is 5.72. The first-order chi connectivity index (χ1) is 13.4. The standard InChI is InChI=1S/C18H18BrN5O3S/c1-3-10(4-2)17-21-22-18(28-17)20-16(27)15-13(25)9-14(26)24(23-15)12-7-5-11(19)6-8-12/h5-10,25H,3-4H2,1-2H3,(H,20,22,27). The summed E-state index contributed by atoms with van der Waals surface area (Å²) in [5.41, 5.74) is -0.362. The molecule has 1 amide bonds. The molecule has 3 rings (SSSR count). The van der Waals surface area contributed by atoms with Crippen molar-refractivity contribution in [2.45, 2.75) is 32.6 Å². The number of rotatable bonds is 6. The Morgan fingerprint density at radius 1 is 1.25 bits per heavy atom. The monoisotopic (exact) mass is 463 g/mol. The number of nitrogens with one attached hydrogen (secondary N) is 1. The number of hydrogen-bond acceptors (Lipinski definition) is 7. The van der Waals surface area contributed by atoms with E-state index in [1.807, 2.05) is 0 Å². The van der Waals surface area contributed by atoms with E-state index < -0.39 is 17.2 Å². The summed E-state index contributed by atoms with van der Waals surface area (Å²) in [7, 11) is 0. The molecule has 0 unspecified atom stereocenters. The molecule has 2 N–H and O–H groups in total. The number of halogens is 1. The molecule has 3 aromatic rings. The van der Waals surface area contributed by atoms with Gasteiger partial charge in [0.25, 0.3) is 11.5 Å². The Hall–Kier alpha value is -2.59.